The molecule has 3 fully saturated rings. The molecule has 0 unspecified atom stereocenters. The third kappa shape index (κ3) is 4.91. The molecule has 1 heterocycles. The van der Waals surface area contributed by atoms with Crippen LogP contribution in [0.4, 0.5) is 0 Å². The summed E-state index contributed by atoms with van der Waals surface area (Å²) in [6, 6.07) is 3.81. The van der Waals surface area contributed by atoms with E-state index in [9.17, 15) is 29.4 Å². The van der Waals surface area contributed by atoms with E-state index in [2.05, 4.69) is 12.2 Å². The predicted molar refractivity (Wildman–Crippen MR) is 144 cm³/mol. The lowest BCUT2D eigenvalue weighted by Gasteiger charge is -2.60. The molecule has 3 N–H and O–H groups in total. The maximum Gasteiger partial charge on any atom is 0.306 e. The van der Waals surface area contributed by atoms with Crippen molar-refractivity contribution < 1.29 is 34.1 Å². The third-order valence-corrected chi connectivity index (χ3v) is 11.3. The van der Waals surface area contributed by atoms with Crippen LogP contribution >= 0.6 is 11.3 Å². The van der Waals surface area contributed by atoms with Gasteiger partial charge in [0, 0.05) is 23.1 Å². The summed E-state index contributed by atoms with van der Waals surface area (Å²) < 4.78 is 5.21. The number of hydrogen-bond donors (Lipinski definition) is 3. The normalized spacial score (nSPS) is 37.2. The Kier molecular flexibility index (Phi) is 7.63. The van der Waals surface area contributed by atoms with Gasteiger partial charge in [-0.25, -0.2) is 0 Å². The van der Waals surface area contributed by atoms with Crippen LogP contribution in [-0.2, 0) is 30.5 Å². The van der Waals surface area contributed by atoms with Crippen molar-refractivity contribution in [1.29, 1.82) is 0 Å². The van der Waals surface area contributed by atoms with Crippen molar-refractivity contribution in [2.75, 3.05) is 6.61 Å². The van der Waals surface area contributed by atoms with E-state index < -0.39 is 35.5 Å². The number of aliphatic hydroxyl groups excluding tert-OH is 1. The van der Waals surface area contributed by atoms with Gasteiger partial charge in [0.1, 0.15) is 5.60 Å². The second kappa shape index (κ2) is 10.6. The Balaban J connectivity index is 1.19. The number of ketones is 2. The van der Waals surface area contributed by atoms with Crippen molar-refractivity contribution in [2.45, 2.75) is 89.9 Å². The van der Waals surface area contributed by atoms with Crippen LogP contribution < -0.4 is 5.32 Å². The molecule has 0 aliphatic heterocycles. The van der Waals surface area contributed by atoms with Gasteiger partial charge in [-0.3, -0.25) is 19.2 Å². The van der Waals surface area contributed by atoms with Crippen molar-refractivity contribution in [2.24, 2.45) is 28.6 Å². The second-order valence-corrected chi connectivity index (χ2v) is 13.4. The number of nitrogens with one attached hydrogen (secondary N) is 1. The number of carbonyl (C=O) groups is 4. The molecule has 0 bridgehead atoms. The fourth-order valence-electron chi connectivity index (χ4n) is 8.39. The number of allylic oxidation sites excluding steroid dienone is 1. The molecule has 1 aromatic rings. The molecule has 8 nitrogen and oxygen atoms in total. The number of ether oxygens (including phenoxy) is 1. The summed E-state index contributed by atoms with van der Waals surface area (Å²) in [5, 5.41) is 27.9. The number of carbonyl (C=O) groups excluding carboxylic acids is 4. The summed E-state index contributed by atoms with van der Waals surface area (Å²) in [5.74, 6) is -1.13. The Morgan fingerprint density at radius 2 is 1.95 bits per heavy atom. The quantitative estimate of drug-likeness (QED) is 0.417. The van der Waals surface area contributed by atoms with E-state index in [0.29, 0.717) is 19.4 Å². The van der Waals surface area contributed by atoms with Gasteiger partial charge in [-0.15, -0.1) is 11.3 Å². The lowest BCUT2D eigenvalue weighted by atomic mass is 9.45. The first-order valence-electron chi connectivity index (χ1n) is 14.1. The molecule has 3 saturated carbocycles. The Morgan fingerprint density at radius 3 is 2.69 bits per heavy atom. The van der Waals surface area contributed by atoms with E-state index in [1.165, 1.54) is 11.3 Å². The lowest BCUT2D eigenvalue weighted by Crippen LogP contribution is -2.62. The Labute approximate surface area is 233 Å². The number of amides is 1. The zero-order chi connectivity index (χ0) is 28.0. The van der Waals surface area contributed by atoms with Gasteiger partial charge in [-0.2, -0.15) is 0 Å². The molecule has 0 saturated heterocycles. The molecule has 9 heteroatoms. The molecular formula is C30H39NO7S. The Bertz CT molecular complexity index is 1180. The summed E-state index contributed by atoms with van der Waals surface area (Å²) in [6.07, 6.45) is 4.95. The van der Waals surface area contributed by atoms with Gasteiger partial charge < -0.3 is 20.3 Å². The van der Waals surface area contributed by atoms with E-state index in [0.717, 1.165) is 29.7 Å². The van der Waals surface area contributed by atoms with Crippen LogP contribution in [-0.4, -0.2) is 52.0 Å². The second-order valence-electron chi connectivity index (χ2n) is 12.4. The molecule has 0 spiro atoms. The van der Waals surface area contributed by atoms with Crippen molar-refractivity contribution in [3.05, 3.63) is 34.0 Å². The summed E-state index contributed by atoms with van der Waals surface area (Å²) >= 11 is 1.53. The highest BCUT2D eigenvalue weighted by Gasteiger charge is 2.68. The summed E-state index contributed by atoms with van der Waals surface area (Å²) in [7, 11) is 0. The fraction of sp³-hybridized carbons (Fsp3) is 0.667. The van der Waals surface area contributed by atoms with Crippen LogP contribution in [0.15, 0.2) is 29.2 Å². The average Bonchev–Trinajstić information content (AvgIpc) is 3.51. The van der Waals surface area contributed by atoms with E-state index in [1.54, 1.807) is 6.08 Å². The number of hydrogen-bond acceptors (Lipinski definition) is 8. The van der Waals surface area contributed by atoms with Crippen molar-refractivity contribution in [3.8, 4) is 0 Å². The Morgan fingerprint density at radius 1 is 1.15 bits per heavy atom. The van der Waals surface area contributed by atoms with E-state index in [1.807, 2.05) is 24.4 Å². The van der Waals surface area contributed by atoms with Gasteiger partial charge in [-0.1, -0.05) is 25.5 Å². The standard InChI is InChI=1S/C30H39NO7S/c1-28-11-9-19(32)14-18(28)5-6-21-22-10-12-30(37,29(22,2)15-23(33)27(21)28)24(34)17-38-26(36)8-7-25(35)31-16-20-4-3-13-39-20/h3-4,13-14,21-23,27,33,37H,5-12,15-17H2,1-2H3,(H,31,35)/t21-,22-,23-,27+,28-,29-,30-/m0/s1. The summed E-state index contributed by atoms with van der Waals surface area (Å²) in [6.45, 7) is 3.92. The van der Waals surface area contributed by atoms with Crippen molar-refractivity contribution in [3.63, 3.8) is 0 Å². The molecule has 1 aromatic heterocycles. The van der Waals surface area contributed by atoms with Gasteiger partial charge in [0.25, 0.3) is 0 Å². The maximum absolute atomic E-state index is 13.4. The topological polar surface area (TPSA) is 130 Å². The predicted octanol–water partition coefficient (Wildman–Crippen LogP) is 3.49. The molecule has 212 valence electrons. The smallest absolute Gasteiger partial charge is 0.306 e. The monoisotopic (exact) mass is 557 g/mol. The van der Waals surface area contributed by atoms with Crippen molar-refractivity contribution >= 4 is 34.8 Å². The summed E-state index contributed by atoms with van der Waals surface area (Å²) in [5.41, 5.74) is -1.63. The first-order valence-corrected chi connectivity index (χ1v) is 15.0. The minimum Gasteiger partial charge on any atom is -0.458 e. The maximum atomic E-state index is 13.4. The van der Waals surface area contributed by atoms with E-state index >= 15 is 0 Å². The van der Waals surface area contributed by atoms with Crippen LogP contribution in [0.2, 0.25) is 0 Å². The molecule has 39 heavy (non-hydrogen) atoms. The number of fused-ring (bicyclic) bond motifs is 5. The van der Waals surface area contributed by atoms with Crippen LogP contribution in [0, 0.1) is 28.6 Å². The fourth-order valence-corrected chi connectivity index (χ4v) is 9.04. The van der Waals surface area contributed by atoms with Gasteiger partial charge in [0.05, 0.1) is 19.1 Å². The molecule has 0 radical (unpaired) electrons. The average molecular weight is 558 g/mol. The molecular weight excluding hydrogens is 518 g/mol. The van der Waals surface area contributed by atoms with Gasteiger partial charge in [0.2, 0.25) is 11.7 Å². The first-order chi connectivity index (χ1) is 18.5. The molecule has 1 amide bonds. The Hall–Kier alpha value is -2.36. The van der Waals surface area contributed by atoms with Crippen LogP contribution in [0.5, 0.6) is 0 Å². The molecule has 0 aromatic carbocycles. The van der Waals surface area contributed by atoms with Crippen LogP contribution in [0.1, 0.15) is 76.5 Å². The highest BCUT2D eigenvalue weighted by atomic mass is 32.1. The molecule has 4 aliphatic rings. The minimum absolute atomic E-state index is 0.00934. The number of rotatable bonds is 8. The lowest BCUT2D eigenvalue weighted by molar-refractivity contribution is -0.184. The zero-order valence-electron chi connectivity index (χ0n) is 22.7. The number of esters is 1. The number of thiophene rings is 1. The minimum atomic E-state index is -1.69. The number of aliphatic hydroxyl groups is 2. The van der Waals surface area contributed by atoms with Gasteiger partial charge >= 0.3 is 5.97 Å². The third-order valence-electron chi connectivity index (χ3n) is 10.5. The zero-order valence-corrected chi connectivity index (χ0v) is 23.6. The first kappa shape index (κ1) is 28.2. The molecule has 5 rings (SSSR count). The van der Waals surface area contributed by atoms with Crippen LogP contribution in [0.25, 0.3) is 0 Å². The highest BCUT2D eigenvalue weighted by Crippen LogP contribution is 2.67. The van der Waals surface area contributed by atoms with Crippen molar-refractivity contribution in [1.82, 2.24) is 5.32 Å². The largest absolute Gasteiger partial charge is 0.458 e. The van der Waals surface area contributed by atoms with Crippen LogP contribution in [0.3, 0.4) is 0 Å². The number of Topliss-reactive ketones (excluding diaryl/α,β-unsaturated/α-hetero) is 1. The SMILES string of the molecule is C[C@]12CCC(=O)C=C1CC[C@@H]1[C@@H]2[C@@H](O)C[C@@]2(C)[C@H]1CC[C@]2(O)C(=O)COC(=O)CCC(=O)NCc1cccs1. The van der Waals surface area contributed by atoms with Gasteiger partial charge in [-0.05, 0) is 79.2 Å². The molecule has 7 atom stereocenters. The van der Waals surface area contributed by atoms with Gasteiger partial charge in [0.15, 0.2) is 12.4 Å². The summed E-state index contributed by atoms with van der Waals surface area (Å²) in [4.78, 5) is 50.8. The molecule has 4 aliphatic carbocycles. The van der Waals surface area contributed by atoms with E-state index in [-0.39, 0.29) is 60.5 Å². The van der Waals surface area contributed by atoms with E-state index in [4.69, 9.17) is 4.74 Å². The highest BCUT2D eigenvalue weighted by molar-refractivity contribution is 7.09.